The summed E-state index contributed by atoms with van der Waals surface area (Å²) in [6.45, 7) is 6.27. The van der Waals surface area contributed by atoms with Crippen molar-refractivity contribution in [3.63, 3.8) is 0 Å². The topological polar surface area (TPSA) is 38.3 Å². The van der Waals surface area contributed by atoms with E-state index in [4.69, 9.17) is 4.74 Å². The minimum absolute atomic E-state index is 0.0164. The molecule has 1 aliphatic heterocycles. The zero-order valence-electron chi connectivity index (χ0n) is 16.5. The third kappa shape index (κ3) is 3.36. The molecule has 1 amide bonds. The standard InChI is InChI=1S/C24H29NO2/c1-17-11-12-21-19(15-17)20(16-23(2,3)27-21)25-22(26)24(13-7-8-14-24)18-9-5-4-6-10-18/h4-6,9-12,15,20H,7-8,13-14,16H2,1-3H3,(H,25,26). The van der Waals surface area contributed by atoms with E-state index in [1.165, 1.54) is 5.56 Å². The average Bonchev–Trinajstić information content (AvgIpc) is 3.14. The Morgan fingerprint density at radius 1 is 1.07 bits per heavy atom. The Kier molecular flexibility index (Phi) is 4.49. The number of amides is 1. The zero-order valence-corrected chi connectivity index (χ0v) is 16.5. The number of carbonyl (C=O) groups excluding carboxylic acids is 1. The van der Waals surface area contributed by atoms with Crippen molar-refractivity contribution in [2.24, 2.45) is 0 Å². The largest absolute Gasteiger partial charge is 0.487 e. The van der Waals surface area contributed by atoms with Gasteiger partial charge in [-0.3, -0.25) is 4.79 Å². The van der Waals surface area contributed by atoms with Crippen LogP contribution in [-0.4, -0.2) is 11.5 Å². The Hall–Kier alpha value is -2.29. The van der Waals surface area contributed by atoms with Gasteiger partial charge in [0, 0.05) is 12.0 Å². The lowest BCUT2D eigenvalue weighted by Gasteiger charge is -2.39. The van der Waals surface area contributed by atoms with E-state index in [9.17, 15) is 4.79 Å². The molecule has 0 saturated heterocycles. The Labute approximate surface area is 162 Å². The Balaban J connectivity index is 1.67. The Morgan fingerprint density at radius 3 is 2.48 bits per heavy atom. The molecule has 0 radical (unpaired) electrons. The van der Waals surface area contributed by atoms with Crippen molar-refractivity contribution in [1.82, 2.24) is 5.32 Å². The molecule has 2 aromatic carbocycles. The van der Waals surface area contributed by atoms with Crippen molar-refractivity contribution in [2.75, 3.05) is 0 Å². The van der Waals surface area contributed by atoms with Crippen LogP contribution in [0.3, 0.4) is 0 Å². The molecule has 142 valence electrons. The smallest absolute Gasteiger partial charge is 0.231 e. The third-order valence-corrected chi connectivity index (χ3v) is 6.15. The monoisotopic (exact) mass is 363 g/mol. The van der Waals surface area contributed by atoms with Gasteiger partial charge in [-0.05, 0) is 45.2 Å². The molecule has 0 spiro atoms. The van der Waals surface area contributed by atoms with Crippen molar-refractivity contribution in [3.8, 4) is 5.75 Å². The fourth-order valence-corrected chi connectivity index (χ4v) is 4.78. The van der Waals surface area contributed by atoms with Crippen LogP contribution < -0.4 is 10.1 Å². The van der Waals surface area contributed by atoms with E-state index in [-0.39, 0.29) is 17.6 Å². The van der Waals surface area contributed by atoms with Crippen LogP contribution in [0.5, 0.6) is 5.75 Å². The summed E-state index contributed by atoms with van der Waals surface area (Å²) in [5.74, 6) is 1.06. The number of fused-ring (bicyclic) bond motifs is 1. The molecule has 3 nitrogen and oxygen atoms in total. The van der Waals surface area contributed by atoms with E-state index in [0.717, 1.165) is 49.0 Å². The second-order valence-electron chi connectivity index (χ2n) is 8.79. The molecule has 1 fully saturated rings. The molecule has 1 aliphatic carbocycles. The van der Waals surface area contributed by atoms with E-state index in [0.29, 0.717) is 0 Å². The summed E-state index contributed by atoms with van der Waals surface area (Å²) < 4.78 is 6.17. The van der Waals surface area contributed by atoms with Gasteiger partial charge in [-0.1, -0.05) is 60.9 Å². The first kappa shape index (κ1) is 18.1. The van der Waals surface area contributed by atoms with Gasteiger partial charge in [-0.25, -0.2) is 0 Å². The summed E-state index contributed by atoms with van der Waals surface area (Å²) in [4.78, 5) is 13.6. The van der Waals surface area contributed by atoms with Crippen LogP contribution in [0.4, 0.5) is 0 Å². The second kappa shape index (κ2) is 6.70. The molecule has 2 aliphatic rings. The first-order chi connectivity index (χ1) is 12.9. The van der Waals surface area contributed by atoms with Gasteiger partial charge in [-0.15, -0.1) is 0 Å². The molecular weight excluding hydrogens is 334 g/mol. The maximum Gasteiger partial charge on any atom is 0.231 e. The van der Waals surface area contributed by atoms with Crippen LogP contribution in [-0.2, 0) is 10.2 Å². The number of benzene rings is 2. The molecule has 3 heteroatoms. The lowest BCUT2D eigenvalue weighted by molar-refractivity contribution is -0.128. The molecule has 1 saturated carbocycles. The van der Waals surface area contributed by atoms with Crippen LogP contribution in [0.1, 0.15) is 68.7 Å². The number of rotatable bonds is 3. The summed E-state index contributed by atoms with van der Waals surface area (Å²) in [5.41, 5.74) is 2.75. The fourth-order valence-electron chi connectivity index (χ4n) is 4.78. The van der Waals surface area contributed by atoms with E-state index in [1.807, 2.05) is 24.3 Å². The quantitative estimate of drug-likeness (QED) is 0.811. The molecular formula is C24H29NO2. The van der Waals surface area contributed by atoms with Crippen molar-refractivity contribution >= 4 is 5.91 Å². The molecule has 1 N–H and O–H groups in total. The predicted molar refractivity (Wildman–Crippen MR) is 108 cm³/mol. The number of ether oxygens (including phenoxy) is 1. The maximum atomic E-state index is 13.6. The zero-order chi connectivity index (χ0) is 19.1. The lowest BCUT2D eigenvalue weighted by Crippen LogP contribution is -2.47. The van der Waals surface area contributed by atoms with Gasteiger partial charge in [0.1, 0.15) is 11.4 Å². The minimum atomic E-state index is -0.395. The van der Waals surface area contributed by atoms with Gasteiger partial charge in [0.15, 0.2) is 0 Å². The van der Waals surface area contributed by atoms with E-state index in [2.05, 4.69) is 50.4 Å². The van der Waals surface area contributed by atoms with Crippen molar-refractivity contribution in [1.29, 1.82) is 0 Å². The first-order valence-electron chi connectivity index (χ1n) is 10.1. The van der Waals surface area contributed by atoms with E-state index < -0.39 is 5.41 Å². The summed E-state index contributed by atoms with van der Waals surface area (Å²) in [6.07, 6.45) is 4.85. The minimum Gasteiger partial charge on any atom is -0.487 e. The highest BCUT2D eigenvalue weighted by atomic mass is 16.5. The van der Waals surface area contributed by atoms with Gasteiger partial charge >= 0.3 is 0 Å². The molecule has 1 heterocycles. The summed E-state index contributed by atoms with van der Waals surface area (Å²) in [5, 5.41) is 3.42. The number of nitrogens with one attached hydrogen (secondary N) is 1. The van der Waals surface area contributed by atoms with Gasteiger partial charge < -0.3 is 10.1 Å². The highest BCUT2D eigenvalue weighted by molar-refractivity contribution is 5.89. The highest BCUT2D eigenvalue weighted by Crippen LogP contribution is 2.44. The van der Waals surface area contributed by atoms with Gasteiger partial charge in [-0.2, -0.15) is 0 Å². The third-order valence-electron chi connectivity index (χ3n) is 6.15. The fraction of sp³-hybridized carbons (Fsp3) is 0.458. The summed E-state index contributed by atoms with van der Waals surface area (Å²) in [7, 11) is 0. The lowest BCUT2D eigenvalue weighted by atomic mass is 9.77. The van der Waals surface area contributed by atoms with Crippen LogP contribution >= 0.6 is 0 Å². The van der Waals surface area contributed by atoms with Gasteiger partial charge in [0.05, 0.1) is 11.5 Å². The first-order valence-corrected chi connectivity index (χ1v) is 10.1. The number of hydrogen-bond donors (Lipinski definition) is 1. The summed E-state index contributed by atoms with van der Waals surface area (Å²) >= 11 is 0. The van der Waals surface area contributed by atoms with Crippen LogP contribution in [0.15, 0.2) is 48.5 Å². The Morgan fingerprint density at radius 2 is 1.78 bits per heavy atom. The highest BCUT2D eigenvalue weighted by Gasteiger charge is 2.44. The van der Waals surface area contributed by atoms with Gasteiger partial charge in [0.2, 0.25) is 5.91 Å². The summed E-state index contributed by atoms with van der Waals surface area (Å²) in [6, 6.07) is 16.6. The van der Waals surface area contributed by atoms with E-state index in [1.54, 1.807) is 0 Å². The maximum absolute atomic E-state index is 13.6. The second-order valence-corrected chi connectivity index (χ2v) is 8.79. The molecule has 1 unspecified atom stereocenters. The number of aryl methyl sites for hydroxylation is 1. The molecule has 27 heavy (non-hydrogen) atoms. The number of hydrogen-bond acceptors (Lipinski definition) is 2. The van der Waals surface area contributed by atoms with Crippen LogP contribution in [0, 0.1) is 6.92 Å². The SMILES string of the molecule is Cc1ccc2c(c1)C(NC(=O)C1(c3ccccc3)CCCC1)CC(C)(C)O2. The predicted octanol–water partition coefficient (Wildman–Crippen LogP) is 5.23. The van der Waals surface area contributed by atoms with E-state index >= 15 is 0 Å². The van der Waals surface area contributed by atoms with Crippen molar-refractivity contribution in [3.05, 3.63) is 65.2 Å². The molecule has 0 bridgehead atoms. The van der Waals surface area contributed by atoms with Crippen molar-refractivity contribution < 1.29 is 9.53 Å². The number of carbonyl (C=O) groups is 1. The van der Waals surface area contributed by atoms with Crippen molar-refractivity contribution in [2.45, 2.75) is 69.9 Å². The van der Waals surface area contributed by atoms with Crippen LogP contribution in [0.2, 0.25) is 0 Å². The molecule has 1 atom stereocenters. The molecule has 2 aromatic rings. The normalized spacial score (nSPS) is 22.6. The Bertz CT molecular complexity index is 835. The molecule has 4 rings (SSSR count). The average molecular weight is 364 g/mol. The molecule has 0 aromatic heterocycles. The van der Waals surface area contributed by atoms with Gasteiger partial charge in [0.25, 0.3) is 0 Å². The van der Waals surface area contributed by atoms with Crippen LogP contribution in [0.25, 0.3) is 0 Å².